The summed E-state index contributed by atoms with van der Waals surface area (Å²) >= 11 is 1.41. The Morgan fingerprint density at radius 1 is 1.62 bits per heavy atom. The summed E-state index contributed by atoms with van der Waals surface area (Å²) in [6, 6.07) is -0.0631. The van der Waals surface area contributed by atoms with Gasteiger partial charge in [0.05, 0.1) is 0 Å². The first-order valence-corrected chi connectivity index (χ1v) is 7.81. The molecule has 0 bridgehead atoms. The lowest BCUT2D eigenvalue weighted by molar-refractivity contribution is 0.0922. The van der Waals surface area contributed by atoms with Crippen LogP contribution in [0.1, 0.15) is 34.5 Å². The van der Waals surface area contributed by atoms with E-state index in [0.717, 1.165) is 17.7 Å². The second kappa shape index (κ2) is 5.57. The number of aryl methyl sites for hydroxylation is 1. The van der Waals surface area contributed by atoms with Crippen LogP contribution in [0.3, 0.4) is 0 Å². The Balaban J connectivity index is 1.87. The van der Waals surface area contributed by atoms with Crippen LogP contribution >= 0.6 is 11.3 Å². The molecular weight excluding hydrogens is 290 g/mol. The maximum absolute atomic E-state index is 12.3. The highest BCUT2D eigenvalue weighted by Gasteiger charge is 2.32. The lowest BCUT2D eigenvalue weighted by Crippen LogP contribution is -2.40. The Hall–Kier alpha value is -1.73. The highest BCUT2D eigenvalue weighted by molar-refractivity contribution is 7.16. The highest BCUT2D eigenvalue weighted by Crippen LogP contribution is 2.33. The van der Waals surface area contributed by atoms with E-state index in [9.17, 15) is 9.59 Å². The van der Waals surface area contributed by atoms with Crippen LogP contribution in [0.5, 0.6) is 0 Å². The quantitative estimate of drug-likeness (QED) is 0.861. The second-order valence-electron chi connectivity index (χ2n) is 5.40. The molecule has 1 aliphatic rings. The molecule has 6 nitrogen and oxygen atoms in total. The number of aliphatic hydroxyl groups is 1. The molecule has 21 heavy (non-hydrogen) atoms. The van der Waals surface area contributed by atoms with Crippen LogP contribution in [0.2, 0.25) is 0 Å². The van der Waals surface area contributed by atoms with Crippen molar-refractivity contribution in [1.82, 2.24) is 14.7 Å². The van der Waals surface area contributed by atoms with Crippen molar-refractivity contribution in [3.8, 4) is 0 Å². The van der Waals surface area contributed by atoms with E-state index < -0.39 is 5.91 Å². The van der Waals surface area contributed by atoms with Crippen molar-refractivity contribution >= 4 is 22.2 Å². The van der Waals surface area contributed by atoms with Gasteiger partial charge in [-0.2, -0.15) is 0 Å². The summed E-state index contributed by atoms with van der Waals surface area (Å²) < 4.78 is 1.41. The smallest absolute Gasteiger partial charge is 0.271 e. The number of nitrogens with zero attached hydrogens (tertiary/aromatic N) is 2. The zero-order valence-electron chi connectivity index (χ0n) is 11.7. The molecule has 1 saturated carbocycles. The average molecular weight is 307 g/mol. The molecule has 1 unspecified atom stereocenters. The molecule has 1 fully saturated rings. The van der Waals surface area contributed by atoms with Crippen molar-refractivity contribution in [1.29, 1.82) is 0 Å². The minimum atomic E-state index is -0.406. The molecule has 112 valence electrons. The zero-order valence-corrected chi connectivity index (χ0v) is 12.5. The van der Waals surface area contributed by atoms with Crippen LogP contribution in [0.25, 0.3) is 4.96 Å². The monoisotopic (exact) mass is 307 g/mol. The van der Waals surface area contributed by atoms with Gasteiger partial charge in [0.2, 0.25) is 0 Å². The van der Waals surface area contributed by atoms with E-state index in [1.807, 2.05) is 6.92 Å². The number of hydrogen-bond acceptors (Lipinski definition) is 5. The number of nitrogens with one attached hydrogen (secondary N) is 1. The number of aromatic nitrogens is 2. The molecule has 7 heteroatoms. The Labute approximate surface area is 125 Å². The first-order chi connectivity index (χ1) is 10.1. The molecule has 0 aliphatic heterocycles. The van der Waals surface area contributed by atoms with Crippen LogP contribution < -0.4 is 10.9 Å². The highest BCUT2D eigenvalue weighted by atomic mass is 32.1. The molecule has 2 N–H and O–H groups in total. The normalized spacial score (nSPS) is 16.1. The topological polar surface area (TPSA) is 83.7 Å². The lowest BCUT2D eigenvalue weighted by Gasteiger charge is -2.16. The van der Waals surface area contributed by atoms with Gasteiger partial charge in [0.1, 0.15) is 5.56 Å². The summed E-state index contributed by atoms with van der Waals surface area (Å²) in [5.74, 6) is 0.0139. The van der Waals surface area contributed by atoms with Gasteiger partial charge in [0.25, 0.3) is 11.5 Å². The summed E-state index contributed by atoms with van der Waals surface area (Å²) in [6.07, 6.45) is 5.67. The summed E-state index contributed by atoms with van der Waals surface area (Å²) in [7, 11) is 0. The number of carbonyl (C=O) groups is 1. The Bertz CT molecular complexity index is 733. The van der Waals surface area contributed by atoms with Crippen LogP contribution in [0.4, 0.5) is 0 Å². The van der Waals surface area contributed by atoms with E-state index >= 15 is 0 Å². The van der Waals surface area contributed by atoms with Crippen LogP contribution in [-0.2, 0) is 0 Å². The summed E-state index contributed by atoms with van der Waals surface area (Å²) in [5.41, 5.74) is -0.297. The molecule has 3 rings (SSSR count). The summed E-state index contributed by atoms with van der Waals surface area (Å²) in [6.45, 7) is 1.92. The molecule has 2 aromatic heterocycles. The van der Waals surface area contributed by atoms with Gasteiger partial charge in [-0.15, -0.1) is 11.3 Å². The molecule has 0 radical (unpaired) electrons. The minimum absolute atomic E-state index is 0.0292. The fourth-order valence-electron chi connectivity index (χ4n) is 2.46. The predicted molar refractivity (Wildman–Crippen MR) is 79.8 cm³/mol. The third kappa shape index (κ3) is 2.84. The van der Waals surface area contributed by atoms with Crippen molar-refractivity contribution in [2.45, 2.75) is 32.2 Å². The third-order valence-corrected chi connectivity index (χ3v) is 4.63. The fourth-order valence-corrected chi connectivity index (χ4v) is 3.25. The van der Waals surface area contributed by atoms with Crippen LogP contribution in [0, 0.1) is 12.8 Å². The minimum Gasteiger partial charge on any atom is -0.396 e. The van der Waals surface area contributed by atoms with Crippen molar-refractivity contribution in [3.63, 3.8) is 0 Å². The average Bonchev–Trinajstić information content (AvgIpc) is 3.21. The first-order valence-electron chi connectivity index (χ1n) is 6.99. The van der Waals surface area contributed by atoms with Gasteiger partial charge in [-0.1, -0.05) is 0 Å². The Morgan fingerprint density at radius 2 is 2.38 bits per heavy atom. The summed E-state index contributed by atoms with van der Waals surface area (Å²) in [5, 5.41) is 11.9. The predicted octanol–water partition coefficient (Wildman–Crippen LogP) is 0.955. The van der Waals surface area contributed by atoms with Gasteiger partial charge in [-0.25, -0.2) is 4.98 Å². The van der Waals surface area contributed by atoms with Gasteiger partial charge < -0.3 is 10.4 Å². The zero-order chi connectivity index (χ0) is 15.0. The molecule has 1 aliphatic carbocycles. The van der Waals surface area contributed by atoms with E-state index in [2.05, 4.69) is 10.3 Å². The van der Waals surface area contributed by atoms with Gasteiger partial charge >= 0.3 is 0 Å². The first kappa shape index (κ1) is 14.2. The number of thiazole rings is 1. The maximum Gasteiger partial charge on any atom is 0.271 e. The van der Waals surface area contributed by atoms with Crippen molar-refractivity contribution in [2.24, 2.45) is 5.92 Å². The van der Waals surface area contributed by atoms with Gasteiger partial charge in [-0.05, 0) is 32.1 Å². The number of aliphatic hydroxyl groups excluding tert-OH is 1. The maximum atomic E-state index is 12.3. The molecular formula is C14H17N3O3S. The van der Waals surface area contributed by atoms with E-state index in [1.54, 1.807) is 6.20 Å². The molecule has 0 spiro atoms. The van der Waals surface area contributed by atoms with Gasteiger partial charge in [0, 0.05) is 29.9 Å². The number of amides is 1. The Kier molecular flexibility index (Phi) is 3.77. The number of fused-ring (bicyclic) bond motifs is 1. The second-order valence-corrected chi connectivity index (χ2v) is 6.61. The molecule has 1 atom stereocenters. The third-order valence-electron chi connectivity index (χ3n) is 3.71. The van der Waals surface area contributed by atoms with E-state index in [1.165, 1.54) is 21.9 Å². The SMILES string of the molecule is Cc1cn2c(=O)c(C(=O)NC(CCO)C3CC3)cnc2s1. The van der Waals surface area contributed by atoms with E-state index in [-0.39, 0.29) is 23.8 Å². The Morgan fingerprint density at radius 3 is 3.05 bits per heavy atom. The fraction of sp³-hybridized carbons (Fsp3) is 0.500. The molecule has 0 saturated heterocycles. The lowest BCUT2D eigenvalue weighted by atomic mass is 10.1. The van der Waals surface area contributed by atoms with E-state index in [0.29, 0.717) is 17.3 Å². The molecule has 2 aromatic rings. The standard InChI is InChI=1S/C14H17N3O3S/c1-8-7-17-13(20)10(6-15-14(17)21-8)12(19)16-11(4-5-18)9-2-3-9/h6-7,9,11,18H,2-5H2,1H3,(H,16,19). The molecule has 2 heterocycles. The van der Waals surface area contributed by atoms with Crippen molar-refractivity contribution < 1.29 is 9.90 Å². The summed E-state index contributed by atoms with van der Waals surface area (Å²) in [4.78, 5) is 30.3. The number of carbonyl (C=O) groups excluding carboxylic acids is 1. The number of rotatable bonds is 5. The number of hydrogen-bond donors (Lipinski definition) is 2. The van der Waals surface area contributed by atoms with E-state index in [4.69, 9.17) is 5.11 Å². The van der Waals surface area contributed by atoms with Crippen LogP contribution in [0.15, 0.2) is 17.2 Å². The van der Waals surface area contributed by atoms with Gasteiger partial charge in [-0.3, -0.25) is 14.0 Å². The molecule has 0 aromatic carbocycles. The van der Waals surface area contributed by atoms with Crippen LogP contribution in [-0.4, -0.2) is 33.0 Å². The molecule has 1 amide bonds. The van der Waals surface area contributed by atoms with Crippen molar-refractivity contribution in [2.75, 3.05) is 6.61 Å². The largest absolute Gasteiger partial charge is 0.396 e. The van der Waals surface area contributed by atoms with Gasteiger partial charge in [0.15, 0.2) is 4.96 Å². The van der Waals surface area contributed by atoms with Crippen molar-refractivity contribution in [3.05, 3.63) is 33.2 Å².